The SMILES string of the molecule is CCCCNC(=O)/C(C#N)=C\c1ccsc1. The molecule has 84 valence electrons. The topological polar surface area (TPSA) is 52.9 Å². The number of hydrogen-bond acceptors (Lipinski definition) is 3. The Kier molecular flexibility index (Phi) is 5.30. The number of thiophene rings is 1. The van der Waals surface area contributed by atoms with Gasteiger partial charge in [0, 0.05) is 6.54 Å². The number of rotatable bonds is 5. The van der Waals surface area contributed by atoms with Gasteiger partial charge < -0.3 is 5.32 Å². The van der Waals surface area contributed by atoms with E-state index in [1.807, 2.05) is 22.9 Å². The summed E-state index contributed by atoms with van der Waals surface area (Å²) in [6, 6.07) is 3.80. The summed E-state index contributed by atoms with van der Waals surface area (Å²) in [5, 5.41) is 15.4. The van der Waals surface area contributed by atoms with Crippen LogP contribution in [0.25, 0.3) is 6.08 Å². The van der Waals surface area contributed by atoms with Crippen molar-refractivity contribution in [1.82, 2.24) is 5.32 Å². The molecule has 0 aliphatic carbocycles. The van der Waals surface area contributed by atoms with Crippen LogP contribution in [0.3, 0.4) is 0 Å². The first-order valence-corrected chi connectivity index (χ1v) is 6.14. The van der Waals surface area contributed by atoms with Crippen molar-refractivity contribution in [2.45, 2.75) is 19.8 Å². The lowest BCUT2D eigenvalue weighted by atomic mass is 10.2. The van der Waals surface area contributed by atoms with E-state index < -0.39 is 0 Å². The summed E-state index contributed by atoms with van der Waals surface area (Å²) in [6.07, 6.45) is 3.57. The van der Waals surface area contributed by atoms with Crippen LogP contribution >= 0.6 is 11.3 Å². The van der Waals surface area contributed by atoms with Gasteiger partial charge >= 0.3 is 0 Å². The van der Waals surface area contributed by atoms with Crippen molar-refractivity contribution in [1.29, 1.82) is 5.26 Å². The van der Waals surface area contributed by atoms with Crippen LogP contribution in [-0.4, -0.2) is 12.5 Å². The molecule has 1 rings (SSSR count). The fourth-order valence-corrected chi connectivity index (χ4v) is 1.76. The third-order valence-electron chi connectivity index (χ3n) is 2.04. The van der Waals surface area contributed by atoms with Crippen LogP contribution in [0, 0.1) is 11.3 Å². The van der Waals surface area contributed by atoms with E-state index in [9.17, 15) is 4.79 Å². The summed E-state index contributed by atoms with van der Waals surface area (Å²) in [7, 11) is 0. The van der Waals surface area contributed by atoms with Crippen LogP contribution in [0.2, 0.25) is 0 Å². The molecule has 0 atom stereocenters. The van der Waals surface area contributed by atoms with Crippen molar-refractivity contribution in [2.24, 2.45) is 0 Å². The van der Waals surface area contributed by atoms with Crippen molar-refractivity contribution in [3.8, 4) is 6.07 Å². The fraction of sp³-hybridized carbons (Fsp3) is 0.333. The molecule has 0 saturated heterocycles. The number of nitrogens with zero attached hydrogens (tertiary/aromatic N) is 1. The lowest BCUT2D eigenvalue weighted by Crippen LogP contribution is -2.25. The zero-order valence-electron chi connectivity index (χ0n) is 9.19. The minimum atomic E-state index is -0.290. The quantitative estimate of drug-likeness (QED) is 0.483. The molecule has 0 saturated carbocycles. The van der Waals surface area contributed by atoms with Gasteiger partial charge in [0.25, 0.3) is 5.91 Å². The van der Waals surface area contributed by atoms with Gasteiger partial charge in [0.2, 0.25) is 0 Å². The van der Waals surface area contributed by atoms with Crippen LogP contribution in [0.1, 0.15) is 25.3 Å². The molecular weight excluding hydrogens is 220 g/mol. The normalized spacial score (nSPS) is 10.9. The molecule has 0 aliphatic heterocycles. The van der Waals surface area contributed by atoms with E-state index >= 15 is 0 Å². The number of unbranched alkanes of at least 4 members (excludes halogenated alkanes) is 1. The third-order valence-corrected chi connectivity index (χ3v) is 2.74. The highest BCUT2D eigenvalue weighted by Gasteiger charge is 2.07. The van der Waals surface area contributed by atoms with Crippen LogP contribution in [0.4, 0.5) is 0 Å². The molecule has 0 fully saturated rings. The lowest BCUT2D eigenvalue weighted by molar-refractivity contribution is -0.117. The summed E-state index contributed by atoms with van der Waals surface area (Å²) < 4.78 is 0. The molecule has 1 N–H and O–H groups in total. The second-order valence-corrected chi connectivity index (χ2v) is 4.12. The molecule has 0 spiro atoms. The maximum absolute atomic E-state index is 11.6. The smallest absolute Gasteiger partial charge is 0.261 e. The Bertz CT molecular complexity index is 401. The summed E-state index contributed by atoms with van der Waals surface area (Å²) in [6.45, 7) is 2.68. The number of amides is 1. The zero-order chi connectivity index (χ0) is 11.8. The fourth-order valence-electron chi connectivity index (χ4n) is 1.15. The largest absolute Gasteiger partial charge is 0.351 e. The van der Waals surface area contributed by atoms with Crippen molar-refractivity contribution < 1.29 is 4.79 Å². The Balaban J connectivity index is 2.61. The van der Waals surface area contributed by atoms with Gasteiger partial charge in [-0.3, -0.25) is 4.79 Å². The molecule has 0 radical (unpaired) electrons. The average molecular weight is 234 g/mol. The Morgan fingerprint density at radius 3 is 3.06 bits per heavy atom. The van der Waals surface area contributed by atoms with Gasteiger partial charge in [-0.05, 0) is 34.9 Å². The van der Waals surface area contributed by atoms with Crippen LogP contribution in [0.15, 0.2) is 22.4 Å². The van der Waals surface area contributed by atoms with Crippen LogP contribution in [0.5, 0.6) is 0 Å². The van der Waals surface area contributed by atoms with Crippen molar-refractivity contribution in [3.63, 3.8) is 0 Å². The molecule has 1 aromatic rings. The average Bonchev–Trinajstić information content (AvgIpc) is 2.78. The van der Waals surface area contributed by atoms with E-state index in [0.29, 0.717) is 6.54 Å². The highest BCUT2D eigenvalue weighted by molar-refractivity contribution is 7.08. The van der Waals surface area contributed by atoms with Crippen LogP contribution < -0.4 is 5.32 Å². The summed E-state index contributed by atoms with van der Waals surface area (Å²) in [4.78, 5) is 11.6. The van der Waals surface area contributed by atoms with E-state index in [1.54, 1.807) is 6.08 Å². The Labute approximate surface area is 99.4 Å². The second-order valence-electron chi connectivity index (χ2n) is 3.34. The minimum absolute atomic E-state index is 0.162. The number of carbonyl (C=O) groups is 1. The third kappa shape index (κ3) is 3.87. The van der Waals surface area contributed by atoms with E-state index in [-0.39, 0.29) is 11.5 Å². The molecule has 1 aromatic heterocycles. The standard InChI is InChI=1S/C12H14N2OS/c1-2-3-5-14-12(15)11(8-13)7-10-4-6-16-9-10/h4,6-7,9H,2-3,5H2,1H3,(H,14,15)/b11-7-. The van der Waals surface area contributed by atoms with E-state index in [1.165, 1.54) is 11.3 Å². The molecule has 1 amide bonds. The number of hydrogen-bond donors (Lipinski definition) is 1. The minimum Gasteiger partial charge on any atom is -0.351 e. The molecule has 1 heterocycles. The highest BCUT2D eigenvalue weighted by Crippen LogP contribution is 2.10. The molecule has 0 unspecified atom stereocenters. The predicted octanol–water partition coefficient (Wildman–Crippen LogP) is 2.57. The second kappa shape index (κ2) is 6.81. The first-order valence-electron chi connectivity index (χ1n) is 5.20. The van der Waals surface area contributed by atoms with Crippen molar-refractivity contribution in [2.75, 3.05) is 6.54 Å². The summed E-state index contributed by atoms with van der Waals surface area (Å²) in [5.41, 5.74) is 1.06. The number of nitrogens with one attached hydrogen (secondary N) is 1. The molecule has 4 heteroatoms. The lowest BCUT2D eigenvalue weighted by Gasteiger charge is -2.01. The highest BCUT2D eigenvalue weighted by atomic mass is 32.1. The zero-order valence-corrected chi connectivity index (χ0v) is 10.0. The van der Waals surface area contributed by atoms with E-state index in [0.717, 1.165) is 18.4 Å². The van der Waals surface area contributed by atoms with Gasteiger partial charge in [0.1, 0.15) is 11.6 Å². The van der Waals surface area contributed by atoms with Crippen LogP contribution in [-0.2, 0) is 4.79 Å². The Morgan fingerprint density at radius 1 is 1.69 bits per heavy atom. The van der Waals surface area contributed by atoms with Gasteiger partial charge in [0.15, 0.2) is 0 Å². The van der Waals surface area contributed by atoms with E-state index in [2.05, 4.69) is 12.2 Å². The van der Waals surface area contributed by atoms with Crippen molar-refractivity contribution in [3.05, 3.63) is 28.0 Å². The maximum atomic E-state index is 11.6. The molecule has 0 aromatic carbocycles. The van der Waals surface area contributed by atoms with Gasteiger partial charge in [-0.25, -0.2) is 0 Å². The molecular formula is C12H14N2OS. The molecule has 0 aliphatic rings. The maximum Gasteiger partial charge on any atom is 0.261 e. The van der Waals surface area contributed by atoms with E-state index in [4.69, 9.17) is 5.26 Å². The Hall–Kier alpha value is -1.60. The van der Waals surface area contributed by atoms with Gasteiger partial charge in [-0.15, -0.1) is 0 Å². The first-order chi connectivity index (χ1) is 7.77. The summed E-state index contributed by atoms with van der Waals surface area (Å²) in [5.74, 6) is -0.290. The molecule has 16 heavy (non-hydrogen) atoms. The number of carbonyl (C=O) groups excluding carboxylic acids is 1. The summed E-state index contributed by atoms with van der Waals surface area (Å²) >= 11 is 1.54. The first kappa shape index (κ1) is 12.5. The molecule has 0 bridgehead atoms. The predicted molar refractivity (Wildman–Crippen MR) is 65.8 cm³/mol. The van der Waals surface area contributed by atoms with Gasteiger partial charge in [-0.2, -0.15) is 16.6 Å². The molecule has 3 nitrogen and oxygen atoms in total. The van der Waals surface area contributed by atoms with Crippen molar-refractivity contribution >= 4 is 23.3 Å². The Morgan fingerprint density at radius 2 is 2.50 bits per heavy atom. The van der Waals surface area contributed by atoms with Gasteiger partial charge in [0.05, 0.1) is 0 Å². The van der Waals surface area contributed by atoms with Gasteiger partial charge in [-0.1, -0.05) is 13.3 Å². The number of nitriles is 1. The monoisotopic (exact) mass is 234 g/mol.